The molecule has 0 aliphatic carbocycles. The number of halogens is 2. The van der Waals surface area contributed by atoms with Gasteiger partial charge in [-0.2, -0.15) is 0 Å². The fraction of sp³-hybridized carbons (Fsp3) is 0.421. The lowest BCUT2D eigenvalue weighted by Crippen LogP contribution is -2.46. The molecule has 1 unspecified atom stereocenters. The van der Waals surface area contributed by atoms with E-state index in [0.717, 1.165) is 12.8 Å². The van der Waals surface area contributed by atoms with Crippen molar-refractivity contribution in [1.82, 2.24) is 15.2 Å². The topological polar surface area (TPSA) is 83.6 Å². The van der Waals surface area contributed by atoms with Crippen LogP contribution in [0, 0.1) is 5.92 Å². The first-order chi connectivity index (χ1) is 14.0. The number of anilines is 2. The van der Waals surface area contributed by atoms with Gasteiger partial charge in [0.15, 0.2) is 5.13 Å². The van der Waals surface area contributed by atoms with Crippen LogP contribution < -0.4 is 10.6 Å². The van der Waals surface area contributed by atoms with Gasteiger partial charge in [-0.05, 0) is 31.0 Å². The Morgan fingerprint density at radius 2 is 2.21 bits per heavy atom. The smallest absolute Gasteiger partial charge is 0.273 e. The van der Waals surface area contributed by atoms with E-state index in [2.05, 4.69) is 15.6 Å². The Morgan fingerprint density at radius 3 is 3.00 bits per heavy atom. The summed E-state index contributed by atoms with van der Waals surface area (Å²) in [6.07, 6.45) is 1.54. The summed E-state index contributed by atoms with van der Waals surface area (Å²) in [6.45, 7) is 1.93. The SMILES string of the molecule is COCCNC(=O)C1CCCN(C(=O)c2csc(Nc3cc(Cl)ccc3Cl)n2)C1. The number of benzene rings is 1. The summed E-state index contributed by atoms with van der Waals surface area (Å²) in [4.78, 5) is 31.2. The summed E-state index contributed by atoms with van der Waals surface area (Å²) in [7, 11) is 1.59. The molecule has 10 heteroatoms. The number of hydrogen-bond donors (Lipinski definition) is 2. The van der Waals surface area contributed by atoms with E-state index < -0.39 is 0 Å². The molecule has 3 rings (SSSR count). The van der Waals surface area contributed by atoms with Crippen molar-refractivity contribution < 1.29 is 14.3 Å². The molecule has 2 N–H and O–H groups in total. The van der Waals surface area contributed by atoms with E-state index in [1.165, 1.54) is 11.3 Å². The molecule has 0 bridgehead atoms. The van der Waals surface area contributed by atoms with Gasteiger partial charge >= 0.3 is 0 Å². The minimum Gasteiger partial charge on any atom is -0.383 e. The highest BCUT2D eigenvalue weighted by Gasteiger charge is 2.29. The molecule has 1 atom stereocenters. The first-order valence-electron chi connectivity index (χ1n) is 9.21. The molecule has 1 aromatic heterocycles. The largest absolute Gasteiger partial charge is 0.383 e. The molecule has 0 spiro atoms. The van der Waals surface area contributed by atoms with E-state index in [-0.39, 0.29) is 17.7 Å². The van der Waals surface area contributed by atoms with Crippen LogP contribution in [0.5, 0.6) is 0 Å². The normalized spacial score (nSPS) is 16.5. The van der Waals surface area contributed by atoms with Crippen LogP contribution in [0.15, 0.2) is 23.6 Å². The molecule has 29 heavy (non-hydrogen) atoms. The number of likely N-dealkylation sites (tertiary alicyclic amines) is 1. The third-order valence-corrected chi connectivity index (χ3v) is 5.90. The fourth-order valence-corrected chi connectivity index (χ4v) is 4.13. The van der Waals surface area contributed by atoms with Crippen molar-refractivity contribution in [3.8, 4) is 0 Å². The van der Waals surface area contributed by atoms with E-state index >= 15 is 0 Å². The maximum Gasteiger partial charge on any atom is 0.273 e. The highest BCUT2D eigenvalue weighted by molar-refractivity contribution is 7.14. The zero-order chi connectivity index (χ0) is 20.8. The number of rotatable bonds is 7. The number of piperidine rings is 1. The van der Waals surface area contributed by atoms with Crippen LogP contribution in [0.3, 0.4) is 0 Å². The van der Waals surface area contributed by atoms with Crippen molar-refractivity contribution in [2.45, 2.75) is 12.8 Å². The van der Waals surface area contributed by atoms with Gasteiger partial charge in [0, 0.05) is 37.1 Å². The summed E-state index contributed by atoms with van der Waals surface area (Å²) in [5.41, 5.74) is 0.967. The minimum atomic E-state index is -0.217. The Bertz CT molecular complexity index is 877. The third-order valence-electron chi connectivity index (χ3n) is 4.58. The molecule has 2 amide bonds. The van der Waals surface area contributed by atoms with Crippen LogP contribution in [0.2, 0.25) is 10.0 Å². The van der Waals surface area contributed by atoms with Crippen molar-refractivity contribution in [3.05, 3.63) is 39.3 Å². The Balaban J connectivity index is 1.61. The fourth-order valence-electron chi connectivity index (χ4n) is 3.10. The number of aromatic nitrogens is 1. The Kier molecular flexibility index (Phi) is 7.71. The predicted molar refractivity (Wildman–Crippen MR) is 115 cm³/mol. The number of methoxy groups -OCH3 is 1. The van der Waals surface area contributed by atoms with E-state index in [0.29, 0.717) is 52.8 Å². The molecule has 7 nitrogen and oxygen atoms in total. The second kappa shape index (κ2) is 10.2. The molecule has 1 aliphatic heterocycles. The van der Waals surface area contributed by atoms with Crippen molar-refractivity contribution in [2.75, 3.05) is 38.7 Å². The number of thiazole rings is 1. The molecule has 2 aromatic rings. The van der Waals surface area contributed by atoms with Gasteiger partial charge in [-0.25, -0.2) is 4.98 Å². The first-order valence-corrected chi connectivity index (χ1v) is 10.8. The van der Waals surface area contributed by atoms with Gasteiger partial charge in [-0.15, -0.1) is 11.3 Å². The van der Waals surface area contributed by atoms with Gasteiger partial charge in [0.05, 0.1) is 23.2 Å². The number of nitrogens with zero attached hydrogens (tertiary/aromatic N) is 2. The number of hydrogen-bond acceptors (Lipinski definition) is 6. The van der Waals surface area contributed by atoms with Crippen LogP contribution in [0.25, 0.3) is 0 Å². The van der Waals surface area contributed by atoms with E-state index in [4.69, 9.17) is 27.9 Å². The van der Waals surface area contributed by atoms with Gasteiger partial charge in [-0.1, -0.05) is 23.2 Å². The molecule has 156 valence electrons. The van der Waals surface area contributed by atoms with Gasteiger partial charge < -0.3 is 20.3 Å². The van der Waals surface area contributed by atoms with Gasteiger partial charge in [0.25, 0.3) is 5.91 Å². The highest BCUT2D eigenvalue weighted by atomic mass is 35.5. The van der Waals surface area contributed by atoms with Crippen LogP contribution in [0.4, 0.5) is 10.8 Å². The van der Waals surface area contributed by atoms with Crippen molar-refractivity contribution in [1.29, 1.82) is 0 Å². The monoisotopic (exact) mass is 456 g/mol. The van der Waals surface area contributed by atoms with Crippen LogP contribution >= 0.6 is 34.5 Å². The first kappa shape index (κ1) is 21.8. The van der Waals surface area contributed by atoms with E-state index in [9.17, 15) is 9.59 Å². The number of carbonyl (C=O) groups is 2. The van der Waals surface area contributed by atoms with Crippen LogP contribution in [-0.4, -0.2) is 55.0 Å². The average Bonchev–Trinajstić information content (AvgIpc) is 3.19. The Morgan fingerprint density at radius 1 is 1.38 bits per heavy atom. The molecule has 1 aromatic carbocycles. The van der Waals surface area contributed by atoms with Crippen LogP contribution in [-0.2, 0) is 9.53 Å². The maximum absolute atomic E-state index is 12.9. The van der Waals surface area contributed by atoms with Crippen LogP contribution in [0.1, 0.15) is 23.3 Å². The van der Waals surface area contributed by atoms with E-state index in [1.807, 2.05) is 0 Å². The quantitative estimate of drug-likeness (QED) is 0.618. The number of nitrogens with one attached hydrogen (secondary N) is 2. The van der Waals surface area contributed by atoms with Gasteiger partial charge in [-0.3, -0.25) is 9.59 Å². The highest BCUT2D eigenvalue weighted by Crippen LogP contribution is 2.30. The second-order valence-corrected chi connectivity index (χ2v) is 8.36. The minimum absolute atomic E-state index is 0.0456. The zero-order valence-electron chi connectivity index (χ0n) is 15.9. The van der Waals surface area contributed by atoms with Crippen molar-refractivity contribution >= 4 is 57.2 Å². The average molecular weight is 457 g/mol. The lowest BCUT2D eigenvalue weighted by molar-refractivity contribution is -0.126. The molecule has 1 fully saturated rings. The Labute approximate surface area is 183 Å². The molecular weight excluding hydrogens is 435 g/mol. The standard InChI is InChI=1S/C19H22Cl2N4O3S/c1-28-8-6-22-17(26)12-3-2-7-25(10-12)18(27)16-11-29-19(24-16)23-15-9-13(20)4-5-14(15)21/h4-5,9,11-12H,2-3,6-8,10H2,1H3,(H,22,26)(H,23,24). The molecule has 1 aliphatic rings. The second-order valence-electron chi connectivity index (χ2n) is 6.66. The lowest BCUT2D eigenvalue weighted by Gasteiger charge is -2.31. The molecule has 0 radical (unpaired) electrons. The third kappa shape index (κ3) is 5.82. The summed E-state index contributed by atoms with van der Waals surface area (Å²) in [5, 5.41) is 9.24. The maximum atomic E-state index is 12.9. The van der Waals surface area contributed by atoms with Gasteiger partial charge in [0.1, 0.15) is 5.69 Å². The summed E-state index contributed by atoms with van der Waals surface area (Å²) in [5.74, 6) is -0.442. The zero-order valence-corrected chi connectivity index (χ0v) is 18.2. The van der Waals surface area contributed by atoms with Crippen molar-refractivity contribution in [2.24, 2.45) is 5.92 Å². The van der Waals surface area contributed by atoms with E-state index in [1.54, 1.807) is 35.6 Å². The predicted octanol–water partition coefficient (Wildman–Crippen LogP) is 3.81. The summed E-state index contributed by atoms with van der Waals surface area (Å²) in [6, 6.07) is 5.09. The number of ether oxygens (including phenoxy) is 1. The number of carbonyl (C=O) groups excluding carboxylic acids is 2. The molecule has 1 saturated heterocycles. The Hall–Kier alpha value is -1.87. The lowest BCUT2D eigenvalue weighted by atomic mass is 9.97. The van der Waals surface area contributed by atoms with Crippen molar-refractivity contribution in [3.63, 3.8) is 0 Å². The molecule has 0 saturated carbocycles. The molecule has 2 heterocycles. The summed E-state index contributed by atoms with van der Waals surface area (Å²) < 4.78 is 4.95. The van der Waals surface area contributed by atoms with Gasteiger partial charge in [0.2, 0.25) is 5.91 Å². The number of amides is 2. The molecular formula is C19H22Cl2N4O3S. The summed E-state index contributed by atoms with van der Waals surface area (Å²) >= 11 is 13.5.